The van der Waals surface area contributed by atoms with E-state index in [0.717, 1.165) is 11.5 Å². The van der Waals surface area contributed by atoms with Crippen molar-refractivity contribution in [2.24, 2.45) is 5.92 Å². The fourth-order valence-corrected chi connectivity index (χ4v) is 1.44. The number of aliphatic hydroxyl groups excluding tert-OH is 1. The molecule has 76 valence electrons. The Morgan fingerprint density at radius 3 is 2.77 bits per heavy atom. The first-order valence-electron chi connectivity index (χ1n) is 4.66. The molecule has 0 spiro atoms. The van der Waals surface area contributed by atoms with Crippen LogP contribution in [-0.4, -0.2) is 34.2 Å². The third kappa shape index (κ3) is 3.34. The number of nitrogens with zero attached hydrogens (tertiary/aromatic N) is 1. The Morgan fingerprint density at radius 2 is 2.23 bits per heavy atom. The van der Waals surface area contributed by atoms with Crippen LogP contribution in [-0.2, 0) is 0 Å². The lowest BCUT2D eigenvalue weighted by Gasteiger charge is -2.29. The monoisotopic (exact) mass is 186 g/mol. The minimum absolute atomic E-state index is 0.0670. The Labute approximate surface area is 78.8 Å². The van der Waals surface area contributed by atoms with Crippen molar-refractivity contribution in [2.75, 3.05) is 6.54 Å². The number of rotatable bonds is 3. The minimum Gasteiger partial charge on any atom is -0.378 e. The summed E-state index contributed by atoms with van der Waals surface area (Å²) in [6, 6.07) is 0.257. The van der Waals surface area contributed by atoms with Crippen LogP contribution < -0.4 is 5.32 Å². The molecular weight excluding hydrogens is 168 g/mol. The fraction of sp³-hybridized carbons (Fsp3) is 0.778. The summed E-state index contributed by atoms with van der Waals surface area (Å²) < 4.78 is 0. The number of aliphatic hydroxyl groups is 1. The predicted molar refractivity (Wildman–Crippen MR) is 50.0 cm³/mol. The molecule has 0 amide bonds. The SMILES string of the molecule is CC(C)NC(O)C1CC=CN(O)C1. The number of hydrogen-bond acceptors (Lipinski definition) is 4. The molecule has 2 unspecified atom stereocenters. The average molecular weight is 186 g/mol. The van der Waals surface area contributed by atoms with Gasteiger partial charge < -0.3 is 5.11 Å². The van der Waals surface area contributed by atoms with Gasteiger partial charge >= 0.3 is 0 Å². The van der Waals surface area contributed by atoms with Crippen LogP contribution in [0.15, 0.2) is 12.3 Å². The van der Waals surface area contributed by atoms with Crippen molar-refractivity contribution >= 4 is 0 Å². The second-order valence-corrected chi connectivity index (χ2v) is 3.77. The van der Waals surface area contributed by atoms with Gasteiger partial charge in [0.1, 0.15) is 6.23 Å². The first kappa shape index (κ1) is 10.5. The highest BCUT2D eigenvalue weighted by atomic mass is 16.5. The second-order valence-electron chi connectivity index (χ2n) is 3.77. The molecule has 2 atom stereocenters. The van der Waals surface area contributed by atoms with Crippen molar-refractivity contribution < 1.29 is 10.3 Å². The molecule has 0 radical (unpaired) electrons. The van der Waals surface area contributed by atoms with Crippen molar-refractivity contribution in [3.05, 3.63) is 12.3 Å². The van der Waals surface area contributed by atoms with Crippen LogP contribution in [0, 0.1) is 5.92 Å². The third-order valence-electron chi connectivity index (χ3n) is 2.09. The van der Waals surface area contributed by atoms with E-state index in [1.54, 1.807) is 6.20 Å². The maximum Gasteiger partial charge on any atom is 0.110 e. The van der Waals surface area contributed by atoms with E-state index in [1.807, 2.05) is 19.9 Å². The summed E-state index contributed by atoms with van der Waals surface area (Å²) in [5, 5.41) is 23.0. The molecule has 0 saturated heterocycles. The van der Waals surface area contributed by atoms with Crippen molar-refractivity contribution in [2.45, 2.75) is 32.5 Å². The van der Waals surface area contributed by atoms with Crippen LogP contribution in [0.25, 0.3) is 0 Å². The van der Waals surface area contributed by atoms with Crippen LogP contribution in [0.4, 0.5) is 0 Å². The first-order chi connectivity index (χ1) is 6.09. The summed E-state index contributed by atoms with van der Waals surface area (Å²) in [5.41, 5.74) is 0. The van der Waals surface area contributed by atoms with Gasteiger partial charge in [-0.15, -0.1) is 0 Å². The Kier molecular flexibility index (Phi) is 3.71. The van der Waals surface area contributed by atoms with Gasteiger partial charge in [-0.05, 0) is 20.3 Å². The van der Waals surface area contributed by atoms with Gasteiger partial charge in [0.15, 0.2) is 0 Å². The number of nitrogens with one attached hydrogen (secondary N) is 1. The molecule has 1 heterocycles. The van der Waals surface area contributed by atoms with Gasteiger partial charge in [-0.2, -0.15) is 0 Å². The van der Waals surface area contributed by atoms with Gasteiger partial charge in [0.05, 0.1) is 6.54 Å². The van der Waals surface area contributed by atoms with E-state index >= 15 is 0 Å². The summed E-state index contributed by atoms with van der Waals surface area (Å²) in [5.74, 6) is 0.0670. The summed E-state index contributed by atoms with van der Waals surface area (Å²) in [7, 11) is 0. The zero-order valence-corrected chi connectivity index (χ0v) is 8.14. The van der Waals surface area contributed by atoms with Gasteiger partial charge in [-0.3, -0.25) is 15.6 Å². The summed E-state index contributed by atoms with van der Waals surface area (Å²) in [4.78, 5) is 0. The second kappa shape index (κ2) is 4.60. The minimum atomic E-state index is -0.542. The Bertz CT molecular complexity index is 182. The van der Waals surface area contributed by atoms with Crippen LogP contribution in [0.3, 0.4) is 0 Å². The van der Waals surface area contributed by atoms with Gasteiger partial charge in [0.2, 0.25) is 0 Å². The molecule has 0 aliphatic carbocycles. The number of hydrogen-bond donors (Lipinski definition) is 3. The van der Waals surface area contributed by atoms with Crippen LogP contribution in [0.1, 0.15) is 20.3 Å². The zero-order valence-electron chi connectivity index (χ0n) is 8.14. The molecule has 0 aromatic rings. The van der Waals surface area contributed by atoms with E-state index in [9.17, 15) is 10.3 Å². The standard InChI is InChI=1S/C9H18N2O2/c1-7(2)10-9(12)8-4-3-5-11(13)6-8/h3,5,7-10,12-13H,4,6H2,1-2H3. The quantitative estimate of drug-likeness (QED) is 0.563. The van der Waals surface area contributed by atoms with Gasteiger partial charge in [-0.25, -0.2) is 0 Å². The van der Waals surface area contributed by atoms with Crippen LogP contribution in [0.5, 0.6) is 0 Å². The average Bonchev–Trinajstić information content (AvgIpc) is 2.03. The maximum atomic E-state index is 9.68. The van der Waals surface area contributed by atoms with E-state index in [0.29, 0.717) is 6.54 Å². The Hall–Kier alpha value is -0.580. The van der Waals surface area contributed by atoms with E-state index in [-0.39, 0.29) is 12.0 Å². The van der Waals surface area contributed by atoms with E-state index in [1.165, 1.54) is 0 Å². The maximum absolute atomic E-state index is 9.68. The highest BCUT2D eigenvalue weighted by Crippen LogP contribution is 2.15. The molecule has 1 rings (SSSR count). The third-order valence-corrected chi connectivity index (χ3v) is 2.09. The lowest BCUT2D eigenvalue weighted by Crippen LogP contribution is -2.44. The molecule has 1 aliphatic rings. The Balaban J connectivity index is 2.39. The van der Waals surface area contributed by atoms with Crippen molar-refractivity contribution in [3.63, 3.8) is 0 Å². The highest BCUT2D eigenvalue weighted by Gasteiger charge is 2.22. The molecular formula is C9H18N2O2. The molecule has 0 saturated carbocycles. The molecule has 1 aliphatic heterocycles. The number of allylic oxidation sites excluding steroid dienone is 1. The van der Waals surface area contributed by atoms with Crippen molar-refractivity contribution in [1.29, 1.82) is 0 Å². The summed E-state index contributed by atoms with van der Waals surface area (Å²) >= 11 is 0. The van der Waals surface area contributed by atoms with E-state index < -0.39 is 6.23 Å². The molecule has 4 nitrogen and oxygen atoms in total. The molecule has 0 aromatic heterocycles. The van der Waals surface area contributed by atoms with E-state index in [2.05, 4.69) is 5.32 Å². The predicted octanol–water partition coefficient (Wildman–Crippen LogP) is 0.528. The van der Waals surface area contributed by atoms with Crippen molar-refractivity contribution in [3.8, 4) is 0 Å². The van der Waals surface area contributed by atoms with Crippen LogP contribution >= 0.6 is 0 Å². The smallest absolute Gasteiger partial charge is 0.110 e. The lowest BCUT2D eigenvalue weighted by molar-refractivity contribution is -0.0794. The largest absolute Gasteiger partial charge is 0.378 e. The topological polar surface area (TPSA) is 55.7 Å². The molecule has 0 fully saturated rings. The Morgan fingerprint density at radius 1 is 1.54 bits per heavy atom. The molecule has 0 bridgehead atoms. The molecule has 13 heavy (non-hydrogen) atoms. The molecule has 4 heteroatoms. The fourth-order valence-electron chi connectivity index (χ4n) is 1.44. The van der Waals surface area contributed by atoms with E-state index in [4.69, 9.17) is 0 Å². The van der Waals surface area contributed by atoms with Gasteiger partial charge in [-0.1, -0.05) is 6.08 Å². The van der Waals surface area contributed by atoms with Gasteiger partial charge in [0, 0.05) is 18.2 Å². The summed E-state index contributed by atoms with van der Waals surface area (Å²) in [6.45, 7) is 4.45. The normalized spacial score (nSPS) is 25.3. The first-order valence-corrected chi connectivity index (χ1v) is 4.66. The summed E-state index contributed by atoms with van der Waals surface area (Å²) in [6.07, 6.45) is 3.75. The van der Waals surface area contributed by atoms with Gasteiger partial charge in [0.25, 0.3) is 0 Å². The van der Waals surface area contributed by atoms with Crippen molar-refractivity contribution in [1.82, 2.24) is 10.4 Å². The molecule has 3 N–H and O–H groups in total. The zero-order chi connectivity index (χ0) is 9.84. The number of hydroxylamine groups is 2. The molecule has 0 aromatic carbocycles. The van der Waals surface area contributed by atoms with Crippen LogP contribution in [0.2, 0.25) is 0 Å². The highest BCUT2D eigenvalue weighted by molar-refractivity contribution is 4.90. The lowest BCUT2D eigenvalue weighted by atomic mass is 10.0.